The minimum Gasteiger partial charge on any atom is -0.458 e. The molecule has 1 N–H and O–H groups in total. The van der Waals surface area contributed by atoms with E-state index in [9.17, 15) is 9.90 Å². The number of benzene rings is 1. The van der Waals surface area contributed by atoms with Crippen LogP contribution in [0.4, 0.5) is 0 Å². The van der Waals surface area contributed by atoms with E-state index in [1.54, 1.807) is 6.92 Å². The minimum absolute atomic E-state index is 0.0878. The number of ether oxygens (including phenoxy) is 3. The minimum atomic E-state index is -0.894. The van der Waals surface area contributed by atoms with Crippen LogP contribution in [-0.2, 0) is 25.6 Å². The van der Waals surface area contributed by atoms with Crippen molar-refractivity contribution in [3.8, 4) is 0 Å². The Morgan fingerprint density at radius 1 is 1.35 bits per heavy atom. The van der Waals surface area contributed by atoms with Crippen LogP contribution in [0.1, 0.15) is 12.5 Å². The molecule has 0 aliphatic rings. The highest BCUT2D eigenvalue weighted by atomic mass is 16.7. The molecule has 0 aliphatic carbocycles. The van der Waals surface area contributed by atoms with Crippen LogP contribution in [0.3, 0.4) is 0 Å². The first-order valence-electron chi connectivity index (χ1n) is 6.31. The number of aliphatic hydroxyl groups excluding tert-OH is 1. The Kier molecular flexibility index (Phi) is 7.57. The molecule has 20 heavy (non-hydrogen) atoms. The van der Waals surface area contributed by atoms with Gasteiger partial charge in [0.15, 0.2) is 0 Å². The van der Waals surface area contributed by atoms with Crippen molar-refractivity contribution < 1.29 is 24.1 Å². The lowest BCUT2D eigenvalue weighted by Gasteiger charge is -2.15. The highest BCUT2D eigenvalue weighted by molar-refractivity contribution is 5.81. The highest BCUT2D eigenvalue weighted by Gasteiger charge is 2.11. The van der Waals surface area contributed by atoms with E-state index in [1.807, 2.05) is 30.3 Å². The SMILES string of the molecule is COCO[C@@H](C)[C@H](O)/C=C/C(=O)OCc1ccccc1. The largest absolute Gasteiger partial charge is 0.458 e. The van der Waals surface area contributed by atoms with E-state index in [0.29, 0.717) is 0 Å². The molecule has 0 saturated carbocycles. The van der Waals surface area contributed by atoms with E-state index in [1.165, 1.54) is 19.3 Å². The number of hydrogen-bond donors (Lipinski definition) is 1. The zero-order chi connectivity index (χ0) is 14.8. The zero-order valence-electron chi connectivity index (χ0n) is 11.7. The van der Waals surface area contributed by atoms with Gasteiger partial charge < -0.3 is 19.3 Å². The van der Waals surface area contributed by atoms with Gasteiger partial charge in [0.25, 0.3) is 0 Å². The molecule has 0 bridgehead atoms. The van der Waals surface area contributed by atoms with E-state index >= 15 is 0 Å². The van der Waals surface area contributed by atoms with E-state index in [4.69, 9.17) is 14.2 Å². The molecule has 0 unspecified atom stereocenters. The fourth-order valence-corrected chi connectivity index (χ4v) is 1.38. The Hall–Kier alpha value is -1.69. The predicted octanol–water partition coefficient (Wildman–Crippen LogP) is 1.66. The van der Waals surface area contributed by atoms with Crippen LogP contribution in [0.2, 0.25) is 0 Å². The third-order valence-electron chi connectivity index (χ3n) is 2.58. The maximum Gasteiger partial charge on any atom is 0.330 e. The van der Waals surface area contributed by atoms with Crippen molar-refractivity contribution in [3.63, 3.8) is 0 Å². The molecule has 1 aromatic carbocycles. The summed E-state index contributed by atoms with van der Waals surface area (Å²) >= 11 is 0. The predicted molar refractivity (Wildman–Crippen MR) is 73.8 cm³/mol. The number of aliphatic hydroxyl groups is 1. The van der Waals surface area contributed by atoms with Gasteiger partial charge in [0.05, 0.1) is 12.2 Å². The number of hydrogen-bond acceptors (Lipinski definition) is 5. The molecular weight excluding hydrogens is 260 g/mol. The third-order valence-corrected chi connectivity index (χ3v) is 2.58. The molecule has 1 rings (SSSR count). The highest BCUT2D eigenvalue weighted by Crippen LogP contribution is 2.03. The van der Waals surface area contributed by atoms with Gasteiger partial charge in [0.2, 0.25) is 0 Å². The molecule has 0 radical (unpaired) electrons. The summed E-state index contributed by atoms with van der Waals surface area (Å²) in [4.78, 5) is 11.5. The first-order chi connectivity index (χ1) is 9.63. The number of esters is 1. The monoisotopic (exact) mass is 280 g/mol. The number of methoxy groups -OCH3 is 1. The summed E-state index contributed by atoms with van der Waals surface area (Å²) in [7, 11) is 1.50. The van der Waals surface area contributed by atoms with Gasteiger partial charge in [-0.05, 0) is 18.6 Å². The Labute approximate surface area is 118 Å². The van der Waals surface area contributed by atoms with Crippen molar-refractivity contribution in [2.75, 3.05) is 13.9 Å². The number of rotatable bonds is 8. The lowest BCUT2D eigenvalue weighted by atomic mass is 10.2. The third kappa shape index (κ3) is 6.47. The van der Waals surface area contributed by atoms with Gasteiger partial charge in [-0.2, -0.15) is 0 Å². The first-order valence-corrected chi connectivity index (χ1v) is 6.31. The van der Waals surface area contributed by atoms with Crippen molar-refractivity contribution in [2.24, 2.45) is 0 Å². The van der Waals surface area contributed by atoms with Gasteiger partial charge in [0.1, 0.15) is 13.4 Å². The van der Waals surface area contributed by atoms with Crippen LogP contribution in [-0.4, -0.2) is 37.2 Å². The average Bonchev–Trinajstić information content (AvgIpc) is 2.49. The van der Waals surface area contributed by atoms with Crippen molar-refractivity contribution in [1.29, 1.82) is 0 Å². The molecule has 2 atom stereocenters. The first kappa shape index (κ1) is 16.4. The molecule has 0 aliphatic heterocycles. The molecular formula is C15H20O5. The standard InChI is InChI=1S/C15H20O5/c1-12(20-11-18-2)14(16)8-9-15(17)19-10-13-6-4-3-5-7-13/h3-9,12,14,16H,10-11H2,1-2H3/b9-8+/t12-,14+/m0/s1. The van der Waals surface area contributed by atoms with E-state index < -0.39 is 18.2 Å². The Balaban J connectivity index is 2.32. The van der Waals surface area contributed by atoms with Crippen LogP contribution in [0.15, 0.2) is 42.5 Å². The van der Waals surface area contributed by atoms with Crippen molar-refractivity contribution >= 4 is 5.97 Å². The fraction of sp³-hybridized carbons (Fsp3) is 0.400. The summed E-state index contributed by atoms with van der Waals surface area (Å²) in [6.45, 7) is 1.98. The Morgan fingerprint density at radius 2 is 2.05 bits per heavy atom. The summed E-state index contributed by atoms with van der Waals surface area (Å²) in [5.41, 5.74) is 0.909. The Morgan fingerprint density at radius 3 is 2.70 bits per heavy atom. The molecule has 1 aromatic rings. The number of carbonyl (C=O) groups is 1. The fourth-order valence-electron chi connectivity index (χ4n) is 1.38. The summed E-state index contributed by atoms with van der Waals surface area (Å²) in [6.07, 6.45) is 1.18. The Bertz CT molecular complexity index is 416. The van der Waals surface area contributed by atoms with Crippen molar-refractivity contribution in [1.82, 2.24) is 0 Å². The summed E-state index contributed by atoms with van der Waals surface area (Å²) in [6, 6.07) is 9.37. The van der Waals surface area contributed by atoms with Crippen molar-refractivity contribution in [3.05, 3.63) is 48.0 Å². The zero-order valence-corrected chi connectivity index (χ0v) is 11.7. The smallest absolute Gasteiger partial charge is 0.330 e. The summed E-state index contributed by atoms with van der Waals surface area (Å²) in [5.74, 6) is -0.508. The molecule has 0 spiro atoms. The number of carbonyl (C=O) groups excluding carboxylic acids is 1. The van der Waals surface area contributed by atoms with Gasteiger partial charge in [-0.25, -0.2) is 4.79 Å². The van der Waals surface area contributed by atoms with Crippen molar-refractivity contribution in [2.45, 2.75) is 25.7 Å². The second kappa shape index (κ2) is 9.25. The van der Waals surface area contributed by atoms with Crippen LogP contribution in [0.5, 0.6) is 0 Å². The molecule has 5 heteroatoms. The molecule has 110 valence electrons. The topological polar surface area (TPSA) is 65.0 Å². The molecule has 0 amide bonds. The molecule has 0 fully saturated rings. The summed E-state index contributed by atoms with van der Waals surface area (Å²) < 4.78 is 14.9. The van der Waals surface area contributed by atoms with Crippen LogP contribution in [0.25, 0.3) is 0 Å². The molecule has 0 saturated heterocycles. The van der Waals surface area contributed by atoms with Gasteiger partial charge in [-0.3, -0.25) is 0 Å². The molecule has 5 nitrogen and oxygen atoms in total. The maximum absolute atomic E-state index is 11.5. The quantitative estimate of drug-likeness (QED) is 0.445. The van der Waals surface area contributed by atoms with E-state index in [-0.39, 0.29) is 13.4 Å². The van der Waals surface area contributed by atoms with E-state index in [0.717, 1.165) is 5.56 Å². The lowest BCUT2D eigenvalue weighted by Crippen LogP contribution is -2.25. The van der Waals surface area contributed by atoms with Crippen LogP contribution < -0.4 is 0 Å². The second-order valence-electron chi connectivity index (χ2n) is 4.22. The maximum atomic E-state index is 11.5. The molecule has 0 aromatic heterocycles. The van der Waals surface area contributed by atoms with Gasteiger partial charge in [0, 0.05) is 13.2 Å². The van der Waals surface area contributed by atoms with E-state index in [2.05, 4.69) is 0 Å². The lowest BCUT2D eigenvalue weighted by molar-refractivity contribution is -0.139. The second-order valence-corrected chi connectivity index (χ2v) is 4.22. The van der Waals surface area contributed by atoms with Crippen LogP contribution in [0, 0.1) is 0 Å². The van der Waals surface area contributed by atoms with Gasteiger partial charge >= 0.3 is 5.97 Å². The average molecular weight is 280 g/mol. The normalized spacial score (nSPS) is 14.2. The van der Waals surface area contributed by atoms with Crippen LogP contribution >= 0.6 is 0 Å². The summed E-state index contributed by atoms with van der Waals surface area (Å²) in [5, 5.41) is 9.70. The van der Waals surface area contributed by atoms with Gasteiger partial charge in [-0.15, -0.1) is 0 Å². The van der Waals surface area contributed by atoms with Gasteiger partial charge in [-0.1, -0.05) is 30.3 Å². The molecule has 0 heterocycles.